The van der Waals surface area contributed by atoms with E-state index in [1.54, 1.807) is 6.07 Å². The van der Waals surface area contributed by atoms with Gasteiger partial charge >= 0.3 is 5.97 Å². The lowest BCUT2D eigenvalue weighted by molar-refractivity contribution is 0.0607. The highest BCUT2D eigenvalue weighted by Gasteiger charge is 2.21. The summed E-state index contributed by atoms with van der Waals surface area (Å²) in [5, 5.41) is 5.61. The SMILES string of the molecule is COC(=O)c1sc2ccccc2c1NC(=O)c1cccc2ccccc12. The fraction of sp³-hybridized carbons (Fsp3) is 0.0476. The number of esters is 1. The van der Waals surface area contributed by atoms with Crippen molar-refractivity contribution in [1.82, 2.24) is 0 Å². The predicted molar refractivity (Wildman–Crippen MR) is 105 cm³/mol. The first-order valence-corrected chi connectivity index (χ1v) is 8.89. The largest absolute Gasteiger partial charge is 0.465 e. The molecule has 128 valence electrons. The third kappa shape index (κ3) is 2.72. The van der Waals surface area contributed by atoms with Crippen LogP contribution in [0.5, 0.6) is 0 Å². The average Bonchev–Trinajstić information content (AvgIpc) is 3.05. The lowest BCUT2D eigenvalue weighted by Crippen LogP contribution is -2.14. The molecule has 1 heterocycles. The van der Waals surface area contributed by atoms with Gasteiger partial charge in [0.2, 0.25) is 0 Å². The number of amides is 1. The lowest BCUT2D eigenvalue weighted by Gasteiger charge is -2.09. The van der Waals surface area contributed by atoms with Gasteiger partial charge in [-0.05, 0) is 22.9 Å². The van der Waals surface area contributed by atoms with Crippen LogP contribution >= 0.6 is 11.3 Å². The third-order valence-corrected chi connectivity index (χ3v) is 5.39. The van der Waals surface area contributed by atoms with Crippen LogP contribution in [0.15, 0.2) is 66.7 Å². The van der Waals surface area contributed by atoms with Crippen LogP contribution < -0.4 is 5.32 Å². The van der Waals surface area contributed by atoms with Crippen molar-refractivity contribution in [3.8, 4) is 0 Å². The van der Waals surface area contributed by atoms with Gasteiger partial charge < -0.3 is 10.1 Å². The Morgan fingerprint density at radius 2 is 1.58 bits per heavy atom. The molecule has 0 spiro atoms. The van der Waals surface area contributed by atoms with Gasteiger partial charge in [-0.2, -0.15) is 0 Å². The molecule has 4 rings (SSSR count). The fourth-order valence-corrected chi connectivity index (χ4v) is 4.09. The molecule has 0 radical (unpaired) electrons. The van der Waals surface area contributed by atoms with E-state index >= 15 is 0 Å². The van der Waals surface area contributed by atoms with E-state index in [4.69, 9.17) is 4.74 Å². The smallest absolute Gasteiger partial charge is 0.350 e. The molecule has 0 aliphatic heterocycles. The van der Waals surface area contributed by atoms with Crippen molar-refractivity contribution in [3.63, 3.8) is 0 Å². The topological polar surface area (TPSA) is 55.4 Å². The first-order chi connectivity index (χ1) is 12.7. The Balaban J connectivity index is 1.81. The zero-order valence-electron chi connectivity index (χ0n) is 14.0. The monoisotopic (exact) mass is 361 g/mol. The maximum absolute atomic E-state index is 13.0. The molecule has 26 heavy (non-hydrogen) atoms. The molecule has 0 saturated carbocycles. The van der Waals surface area contributed by atoms with Gasteiger partial charge in [0.15, 0.2) is 0 Å². The number of benzene rings is 3. The fourth-order valence-electron chi connectivity index (χ4n) is 3.01. The molecule has 3 aromatic carbocycles. The number of ether oxygens (including phenoxy) is 1. The minimum Gasteiger partial charge on any atom is -0.465 e. The summed E-state index contributed by atoms with van der Waals surface area (Å²) < 4.78 is 5.80. The van der Waals surface area contributed by atoms with Crippen molar-refractivity contribution in [3.05, 3.63) is 77.2 Å². The zero-order valence-corrected chi connectivity index (χ0v) is 14.8. The van der Waals surface area contributed by atoms with Crippen molar-refractivity contribution in [1.29, 1.82) is 0 Å². The van der Waals surface area contributed by atoms with Crippen LogP contribution in [0.2, 0.25) is 0 Å². The van der Waals surface area contributed by atoms with Gasteiger partial charge in [-0.15, -0.1) is 11.3 Å². The molecule has 5 heteroatoms. The van der Waals surface area contributed by atoms with Crippen LogP contribution in [-0.2, 0) is 4.74 Å². The predicted octanol–water partition coefficient (Wildman–Crippen LogP) is 5.09. The number of carbonyl (C=O) groups excluding carboxylic acids is 2. The normalized spacial score (nSPS) is 10.8. The summed E-state index contributed by atoms with van der Waals surface area (Å²) in [7, 11) is 1.34. The summed E-state index contributed by atoms with van der Waals surface area (Å²) in [4.78, 5) is 25.5. The third-order valence-electron chi connectivity index (χ3n) is 4.24. The van der Waals surface area contributed by atoms with Gasteiger partial charge in [0.25, 0.3) is 5.91 Å². The van der Waals surface area contributed by atoms with Gasteiger partial charge in [0.1, 0.15) is 4.88 Å². The number of fused-ring (bicyclic) bond motifs is 2. The summed E-state index contributed by atoms with van der Waals surface area (Å²) in [6, 6.07) is 20.9. The van der Waals surface area contributed by atoms with E-state index in [9.17, 15) is 9.59 Å². The van der Waals surface area contributed by atoms with Gasteiger partial charge in [-0.25, -0.2) is 4.79 Å². The molecule has 0 fully saturated rings. The number of nitrogens with one attached hydrogen (secondary N) is 1. The summed E-state index contributed by atoms with van der Waals surface area (Å²) in [6.07, 6.45) is 0. The Labute approximate surface area is 154 Å². The Hall–Kier alpha value is -3.18. The van der Waals surface area contributed by atoms with Crippen LogP contribution in [0.25, 0.3) is 20.9 Å². The first kappa shape index (κ1) is 16.3. The molecule has 1 aromatic heterocycles. The van der Waals surface area contributed by atoms with Crippen molar-refractivity contribution < 1.29 is 14.3 Å². The van der Waals surface area contributed by atoms with Gasteiger partial charge in [-0.1, -0.05) is 54.6 Å². The van der Waals surface area contributed by atoms with Gasteiger partial charge in [0, 0.05) is 15.6 Å². The minimum absolute atomic E-state index is 0.254. The highest BCUT2D eigenvalue weighted by atomic mass is 32.1. The molecule has 4 aromatic rings. The number of anilines is 1. The van der Waals surface area contributed by atoms with E-state index in [-0.39, 0.29) is 5.91 Å². The molecule has 1 amide bonds. The summed E-state index contributed by atoms with van der Waals surface area (Å²) >= 11 is 1.31. The maximum Gasteiger partial charge on any atom is 0.350 e. The molecule has 4 nitrogen and oxygen atoms in total. The zero-order chi connectivity index (χ0) is 18.1. The van der Waals surface area contributed by atoms with Crippen molar-refractivity contribution >= 4 is 49.8 Å². The summed E-state index contributed by atoms with van der Waals surface area (Å²) in [6.45, 7) is 0. The molecular formula is C21H15NO3S. The van der Waals surface area contributed by atoms with E-state index in [0.29, 0.717) is 16.1 Å². The number of thiophene rings is 1. The van der Waals surface area contributed by atoms with E-state index in [2.05, 4.69) is 5.32 Å². The van der Waals surface area contributed by atoms with Crippen LogP contribution in [0.1, 0.15) is 20.0 Å². The van der Waals surface area contributed by atoms with E-state index in [1.807, 2.05) is 60.7 Å². The first-order valence-electron chi connectivity index (χ1n) is 8.08. The van der Waals surface area contributed by atoms with Crippen LogP contribution in [-0.4, -0.2) is 19.0 Å². The molecule has 0 bridgehead atoms. The van der Waals surface area contributed by atoms with Crippen LogP contribution in [0.4, 0.5) is 5.69 Å². The van der Waals surface area contributed by atoms with Crippen molar-refractivity contribution in [2.24, 2.45) is 0 Å². The minimum atomic E-state index is -0.459. The van der Waals surface area contributed by atoms with Crippen molar-refractivity contribution in [2.45, 2.75) is 0 Å². The molecule has 0 saturated heterocycles. The Morgan fingerprint density at radius 3 is 2.38 bits per heavy atom. The second kappa shape index (κ2) is 6.61. The Bertz CT molecular complexity index is 1140. The maximum atomic E-state index is 13.0. The highest BCUT2D eigenvalue weighted by molar-refractivity contribution is 7.21. The van der Waals surface area contributed by atoms with Crippen LogP contribution in [0, 0.1) is 0 Å². The molecule has 0 aliphatic rings. The lowest BCUT2D eigenvalue weighted by atomic mass is 10.0. The quantitative estimate of drug-likeness (QED) is 0.517. The van der Waals surface area contributed by atoms with Crippen LogP contribution in [0.3, 0.4) is 0 Å². The molecule has 0 aliphatic carbocycles. The number of hydrogen-bond acceptors (Lipinski definition) is 4. The van der Waals surface area contributed by atoms with Gasteiger partial charge in [-0.3, -0.25) is 4.79 Å². The molecule has 0 atom stereocenters. The molecular weight excluding hydrogens is 346 g/mol. The number of carbonyl (C=O) groups is 2. The van der Waals surface area contributed by atoms with E-state index < -0.39 is 5.97 Å². The second-order valence-corrected chi connectivity index (χ2v) is 6.83. The average molecular weight is 361 g/mol. The number of hydrogen-bond donors (Lipinski definition) is 1. The number of rotatable bonds is 3. The van der Waals surface area contributed by atoms with Crippen molar-refractivity contribution in [2.75, 3.05) is 12.4 Å². The standard InChI is InChI=1S/C21H15NO3S/c1-25-21(24)19-18(16-10-4-5-12-17(16)26-19)22-20(23)15-11-6-8-13-7-2-3-9-14(13)15/h2-12H,1H3,(H,22,23). The number of methoxy groups -OCH3 is 1. The summed E-state index contributed by atoms with van der Waals surface area (Å²) in [5.41, 5.74) is 1.06. The summed E-state index contributed by atoms with van der Waals surface area (Å²) in [5.74, 6) is -0.713. The Kier molecular flexibility index (Phi) is 4.14. The molecule has 0 unspecified atom stereocenters. The second-order valence-electron chi connectivity index (χ2n) is 5.77. The van der Waals surface area contributed by atoms with E-state index in [1.165, 1.54) is 18.4 Å². The highest BCUT2D eigenvalue weighted by Crippen LogP contribution is 2.36. The Morgan fingerprint density at radius 1 is 0.885 bits per heavy atom. The van der Waals surface area contributed by atoms with Gasteiger partial charge in [0.05, 0.1) is 12.8 Å². The van der Waals surface area contributed by atoms with E-state index in [0.717, 1.165) is 20.9 Å². The molecule has 1 N–H and O–H groups in total.